The number of hydrogen-bond donors (Lipinski definition) is 5. The van der Waals surface area contributed by atoms with Crippen LogP contribution in [-0.2, 0) is 33.5 Å². The van der Waals surface area contributed by atoms with Crippen molar-refractivity contribution in [1.82, 2.24) is 21.3 Å². The van der Waals surface area contributed by atoms with Gasteiger partial charge in [0.25, 0.3) is 0 Å². The number of benzene rings is 3. The predicted octanol–water partition coefficient (Wildman–Crippen LogP) is 4.15. The number of ether oxygens (including phenoxy) is 1. The highest BCUT2D eigenvalue weighted by atomic mass is 32.2. The van der Waals surface area contributed by atoms with Crippen molar-refractivity contribution in [3.8, 4) is 0 Å². The van der Waals surface area contributed by atoms with Crippen LogP contribution in [0.5, 0.6) is 0 Å². The molecule has 0 aliphatic carbocycles. The molecule has 1 aliphatic rings. The van der Waals surface area contributed by atoms with Crippen molar-refractivity contribution in [2.75, 3.05) is 18.1 Å². The maximum atomic E-state index is 13.0. The summed E-state index contributed by atoms with van der Waals surface area (Å²) >= 11 is 5.97. The fraction of sp³-hybridized carbons (Fsp3) is 0.359. The standard InChI is InChI=1S/C39H46N4O6S2/c1-26(2)35-38(48)40-24-34(45)49-31(23-33(44)41-27(3)36(46)42-32(25-50)37(47)43-35)21-13-14-22-51-39(28-15-7-4-8-16-28,29-17-9-5-10-18-29)30-19-11-6-12-20-30/h4-13,15-21,26-27,31-32,35,50H,14,22-25H2,1-3H3,(H,40,48)(H,41,44)(H,42,46)(H,43,47)/b21-13+/t27-,31-,32-,35-/m1/s1. The lowest BCUT2D eigenvalue weighted by Gasteiger charge is -2.35. The van der Waals surface area contributed by atoms with Gasteiger partial charge < -0.3 is 26.0 Å². The van der Waals surface area contributed by atoms with Gasteiger partial charge in [-0.15, -0.1) is 11.8 Å². The minimum atomic E-state index is -1.05. The molecular formula is C39H46N4O6S2. The van der Waals surface area contributed by atoms with Crippen molar-refractivity contribution >= 4 is 54.0 Å². The van der Waals surface area contributed by atoms with Crippen LogP contribution in [0, 0.1) is 5.92 Å². The van der Waals surface area contributed by atoms with Gasteiger partial charge in [0.05, 0.1) is 11.2 Å². The van der Waals surface area contributed by atoms with Crippen LogP contribution in [0.4, 0.5) is 0 Å². The van der Waals surface area contributed by atoms with Crippen molar-refractivity contribution < 1.29 is 28.7 Å². The van der Waals surface area contributed by atoms with Crippen LogP contribution in [0.2, 0.25) is 0 Å². The monoisotopic (exact) mass is 730 g/mol. The third-order valence-corrected chi connectivity index (χ3v) is 10.3. The van der Waals surface area contributed by atoms with E-state index in [1.807, 2.05) is 60.7 Å². The Morgan fingerprint density at radius 1 is 0.804 bits per heavy atom. The Morgan fingerprint density at radius 3 is 1.86 bits per heavy atom. The van der Waals surface area contributed by atoms with E-state index in [0.29, 0.717) is 12.2 Å². The molecule has 1 heterocycles. The highest BCUT2D eigenvalue weighted by Gasteiger charge is 2.36. The third kappa shape index (κ3) is 10.7. The van der Waals surface area contributed by atoms with Crippen LogP contribution in [0.1, 0.15) is 50.3 Å². The Labute approximate surface area is 309 Å². The second kappa shape index (κ2) is 19.2. The first-order valence-electron chi connectivity index (χ1n) is 17.0. The van der Waals surface area contributed by atoms with Crippen molar-refractivity contribution in [3.63, 3.8) is 0 Å². The molecule has 0 aromatic heterocycles. The van der Waals surface area contributed by atoms with Crippen molar-refractivity contribution in [3.05, 3.63) is 120 Å². The molecule has 4 rings (SSSR count). The molecule has 0 saturated carbocycles. The Bertz CT molecular complexity index is 1560. The molecule has 4 atom stereocenters. The molecule has 10 nitrogen and oxygen atoms in total. The lowest BCUT2D eigenvalue weighted by Crippen LogP contribution is -2.58. The largest absolute Gasteiger partial charge is 0.456 e. The zero-order valence-electron chi connectivity index (χ0n) is 29.0. The Balaban J connectivity index is 1.54. The number of thiol groups is 1. The number of thioether (sulfide) groups is 1. The molecule has 0 unspecified atom stereocenters. The van der Waals surface area contributed by atoms with E-state index in [1.54, 1.807) is 31.7 Å². The Kier molecular flexibility index (Phi) is 14.7. The second-order valence-electron chi connectivity index (χ2n) is 12.6. The fourth-order valence-electron chi connectivity index (χ4n) is 5.75. The molecule has 0 bridgehead atoms. The molecule has 1 aliphatic heterocycles. The molecule has 0 radical (unpaired) electrons. The summed E-state index contributed by atoms with van der Waals surface area (Å²) in [5.41, 5.74) is 3.42. The van der Waals surface area contributed by atoms with E-state index >= 15 is 0 Å². The summed E-state index contributed by atoms with van der Waals surface area (Å²) in [6.07, 6.45) is 2.91. The summed E-state index contributed by atoms with van der Waals surface area (Å²) in [4.78, 5) is 64.7. The molecule has 270 valence electrons. The summed E-state index contributed by atoms with van der Waals surface area (Å²) in [6.45, 7) is 4.52. The second-order valence-corrected chi connectivity index (χ2v) is 14.2. The number of carbonyl (C=O) groups excluding carboxylic acids is 5. The quantitative estimate of drug-likeness (QED) is 0.0694. The summed E-state index contributed by atoms with van der Waals surface area (Å²) in [7, 11) is 0. The molecule has 3 aromatic rings. The molecule has 12 heteroatoms. The van der Waals surface area contributed by atoms with E-state index < -0.39 is 65.1 Å². The molecule has 4 amide bonds. The van der Waals surface area contributed by atoms with Gasteiger partial charge in [-0.2, -0.15) is 12.6 Å². The van der Waals surface area contributed by atoms with E-state index in [9.17, 15) is 24.0 Å². The number of allylic oxidation sites excluding steroid dienone is 1. The average molecular weight is 731 g/mol. The highest BCUT2D eigenvalue weighted by molar-refractivity contribution is 8.00. The first-order valence-corrected chi connectivity index (χ1v) is 18.6. The van der Waals surface area contributed by atoms with Gasteiger partial charge in [-0.1, -0.05) is 111 Å². The Morgan fingerprint density at radius 2 is 1.35 bits per heavy atom. The van der Waals surface area contributed by atoms with Gasteiger partial charge in [-0.05, 0) is 47.8 Å². The maximum Gasteiger partial charge on any atom is 0.326 e. The van der Waals surface area contributed by atoms with Gasteiger partial charge in [0.15, 0.2) is 0 Å². The third-order valence-electron chi connectivity index (χ3n) is 8.40. The number of cyclic esters (lactones) is 1. The molecular weight excluding hydrogens is 685 g/mol. The summed E-state index contributed by atoms with van der Waals surface area (Å²) < 4.78 is 5.13. The summed E-state index contributed by atoms with van der Waals surface area (Å²) in [6, 6.07) is 28.0. The number of nitrogens with one attached hydrogen (secondary N) is 4. The SMILES string of the molecule is CC(C)[C@H]1NC(=O)[C@@H](CS)NC(=O)[C@@H](C)NC(=O)C[C@@H](/C=C/CCSC(c2ccccc2)(c2ccccc2)c2ccccc2)OC(=O)CNC1=O. The normalized spacial score (nSPS) is 21.4. The number of rotatable bonds is 10. The van der Waals surface area contributed by atoms with E-state index in [2.05, 4.69) is 70.3 Å². The summed E-state index contributed by atoms with van der Waals surface area (Å²) in [5.74, 6) is -2.76. The highest BCUT2D eigenvalue weighted by Crippen LogP contribution is 2.48. The van der Waals surface area contributed by atoms with E-state index in [4.69, 9.17) is 4.74 Å². The van der Waals surface area contributed by atoms with E-state index in [1.165, 1.54) is 6.92 Å². The molecule has 1 fully saturated rings. The predicted molar refractivity (Wildman–Crippen MR) is 203 cm³/mol. The van der Waals surface area contributed by atoms with Crippen molar-refractivity contribution in [2.24, 2.45) is 5.92 Å². The van der Waals surface area contributed by atoms with Gasteiger partial charge in [0.2, 0.25) is 23.6 Å². The zero-order chi connectivity index (χ0) is 36.8. The Hall–Kier alpha value is -4.55. The molecule has 0 spiro atoms. The van der Waals surface area contributed by atoms with Crippen LogP contribution in [0.3, 0.4) is 0 Å². The number of hydrogen-bond acceptors (Lipinski definition) is 8. The topological polar surface area (TPSA) is 143 Å². The smallest absolute Gasteiger partial charge is 0.326 e. The summed E-state index contributed by atoms with van der Waals surface area (Å²) in [5, 5.41) is 10.4. The minimum absolute atomic E-state index is 0.0364. The van der Waals surface area contributed by atoms with E-state index in [0.717, 1.165) is 16.7 Å². The lowest BCUT2D eigenvalue weighted by atomic mass is 9.84. The molecule has 4 N–H and O–H groups in total. The van der Waals surface area contributed by atoms with Crippen molar-refractivity contribution in [2.45, 2.75) is 62.6 Å². The number of esters is 1. The van der Waals surface area contributed by atoms with Crippen LogP contribution in [-0.4, -0.2) is 71.9 Å². The zero-order valence-corrected chi connectivity index (χ0v) is 30.8. The molecule has 3 aromatic carbocycles. The number of amides is 4. The molecule has 1 saturated heterocycles. The van der Waals surface area contributed by atoms with Gasteiger partial charge >= 0.3 is 5.97 Å². The lowest BCUT2D eigenvalue weighted by molar-refractivity contribution is -0.148. The first-order chi connectivity index (χ1) is 24.5. The average Bonchev–Trinajstić information content (AvgIpc) is 3.13. The van der Waals surface area contributed by atoms with Gasteiger partial charge in [-0.25, -0.2) is 0 Å². The van der Waals surface area contributed by atoms with Crippen LogP contribution >= 0.6 is 24.4 Å². The van der Waals surface area contributed by atoms with Crippen LogP contribution < -0.4 is 21.3 Å². The van der Waals surface area contributed by atoms with Crippen molar-refractivity contribution in [1.29, 1.82) is 0 Å². The molecule has 51 heavy (non-hydrogen) atoms. The maximum absolute atomic E-state index is 13.0. The van der Waals surface area contributed by atoms with Gasteiger partial charge in [0, 0.05) is 5.75 Å². The van der Waals surface area contributed by atoms with E-state index in [-0.39, 0.29) is 18.1 Å². The van der Waals surface area contributed by atoms with Gasteiger partial charge in [-0.3, -0.25) is 24.0 Å². The number of carbonyl (C=O) groups is 5. The minimum Gasteiger partial charge on any atom is -0.456 e. The van der Waals surface area contributed by atoms with Crippen LogP contribution in [0.25, 0.3) is 0 Å². The first kappa shape index (κ1) is 39.2. The fourth-order valence-corrected chi connectivity index (χ4v) is 7.48. The van der Waals surface area contributed by atoms with Gasteiger partial charge in [0.1, 0.15) is 30.8 Å². The van der Waals surface area contributed by atoms with Crippen LogP contribution in [0.15, 0.2) is 103 Å².